The number of piperidine rings is 1. The highest BCUT2D eigenvalue weighted by atomic mass is 16.5. The molecule has 0 radical (unpaired) electrons. The second-order valence-corrected chi connectivity index (χ2v) is 7.87. The van der Waals surface area contributed by atoms with Crippen molar-refractivity contribution in [1.82, 2.24) is 15.5 Å². The van der Waals surface area contributed by atoms with Gasteiger partial charge in [0.2, 0.25) is 5.91 Å². The molecule has 0 atom stereocenters. The lowest BCUT2D eigenvalue weighted by molar-refractivity contribution is -0.122. The molecule has 2 saturated heterocycles. The number of hydrogen-bond donors (Lipinski definition) is 2. The smallest absolute Gasteiger partial charge is 0.221 e. The number of amides is 1. The van der Waals surface area contributed by atoms with E-state index in [1.54, 1.807) is 7.11 Å². The molecule has 0 spiro atoms. The van der Waals surface area contributed by atoms with Crippen molar-refractivity contribution in [2.75, 3.05) is 71.0 Å². The second kappa shape index (κ2) is 10.1. The zero-order valence-corrected chi connectivity index (χ0v) is 16.6. The van der Waals surface area contributed by atoms with Crippen molar-refractivity contribution in [1.29, 1.82) is 0 Å². The van der Waals surface area contributed by atoms with Crippen LogP contribution in [0.1, 0.15) is 19.3 Å². The molecule has 1 amide bonds. The average Bonchev–Trinajstić information content (AvgIpc) is 2.73. The van der Waals surface area contributed by atoms with Crippen molar-refractivity contribution >= 4 is 11.6 Å². The van der Waals surface area contributed by atoms with Crippen LogP contribution in [0.4, 0.5) is 5.69 Å². The summed E-state index contributed by atoms with van der Waals surface area (Å²) < 4.78 is 5.43. The highest BCUT2D eigenvalue weighted by molar-refractivity contribution is 5.76. The SMILES string of the molecule is COCC1(CNC(=O)CCN2CCN(c3ccccc3)CC2)CCNCC1. The summed E-state index contributed by atoms with van der Waals surface area (Å²) in [6, 6.07) is 10.6. The Morgan fingerprint density at radius 1 is 1.15 bits per heavy atom. The van der Waals surface area contributed by atoms with Gasteiger partial charge in [0, 0.05) is 63.9 Å². The van der Waals surface area contributed by atoms with Crippen molar-refractivity contribution in [3.05, 3.63) is 30.3 Å². The Hall–Kier alpha value is -1.63. The molecule has 1 aromatic rings. The van der Waals surface area contributed by atoms with Crippen molar-refractivity contribution in [2.45, 2.75) is 19.3 Å². The first kappa shape index (κ1) is 20.1. The van der Waals surface area contributed by atoms with Gasteiger partial charge in [-0.25, -0.2) is 0 Å². The minimum Gasteiger partial charge on any atom is -0.384 e. The van der Waals surface area contributed by atoms with Crippen LogP contribution >= 0.6 is 0 Å². The summed E-state index contributed by atoms with van der Waals surface area (Å²) in [5.74, 6) is 0.162. The Kier molecular flexibility index (Phi) is 7.50. The lowest BCUT2D eigenvalue weighted by Crippen LogP contribution is -2.49. The molecule has 150 valence electrons. The Balaban J connectivity index is 1.36. The van der Waals surface area contributed by atoms with Crippen molar-refractivity contribution in [3.8, 4) is 0 Å². The number of anilines is 1. The van der Waals surface area contributed by atoms with Gasteiger partial charge in [0.15, 0.2) is 0 Å². The number of nitrogens with zero attached hydrogens (tertiary/aromatic N) is 2. The number of benzene rings is 1. The predicted octanol–water partition coefficient (Wildman–Crippen LogP) is 1.33. The van der Waals surface area contributed by atoms with E-state index in [0.29, 0.717) is 6.42 Å². The zero-order valence-electron chi connectivity index (χ0n) is 16.6. The highest BCUT2D eigenvalue weighted by Gasteiger charge is 2.32. The molecule has 6 heteroatoms. The van der Waals surface area contributed by atoms with Crippen LogP contribution in [0.2, 0.25) is 0 Å². The molecule has 2 fully saturated rings. The zero-order chi connectivity index (χ0) is 19.0. The van der Waals surface area contributed by atoms with Gasteiger partial charge in [0.05, 0.1) is 6.61 Å². The van der Waals surface area contributed by atoms with Crippen LogP contribution < -0.4 is 15.5 Å². The lowest BCUT2D eigenvalue weighted by Gasteiger charge is -2.37. The van der Waals surface area contributed by atoms with Crippen LogP contribution in [-0.4, -0.2) is 76.9 Å². The Labute approximate surface area is 163 Å². The van der Waals surface area contributed by atoms with E-state index in [1.807, 2.05) is 0 Å². The van der Waals surface area contributed by atoms with E-state index in [4.69, 9.17) is 4.74 Å². The van der Waals surface area contributed by atoms with E-state index in [2.05, 4.69) is 50.8 Å². The minimum atomic E-state index is 0.0942. The van der Waals surface area contributed by atoms with Crippen molar-refractivity contribution < 1.29 is 9.53 Å². The third-order valence-corrected chi connectivity index (χ3v) is 5.92. The summed E-state index contributed by atoms with van der Waals surface area (Å²) in [6.45, 7) is 8.37. The molecule has 6 nitrogen and oxygen atoms in total. The predicted molar refractivity (Wildman–Crippen MR) is 109 cm³/mol. The first-order valence-electron chi connectivity index (χ1n) is 10.2. The molecule has 27 heavy (non-hydrogen) atoms. The largest absolute Gasteiger partial charge is 0.384 e. The first-order valence-corrected chi connectivity index (χ1v) is 10.2. The number of rotatable bonds is 8. The summed E-state index contributed by atoms with van der Waals surface area (Å²) in [7, 11) is 1.75. The second-order valence-electron chi connectivity index (χ2n) is 7.87. The maximum absolute atomic E-state index is 12.4. The molecule has 0 bridgehead atoms. The standard InChI is InChI=1S/C21H34N4O2/c1-27-18-21(8-10-22-11-9-21)17-23-20(26)7-12-24-13-15-25(16-14-24)19-5-3-2-4-6-19/h2-6,22H,7-18H2,1H3,(H,23,26). The topological polar surface area (TPSA) is 56.8 Å². The lowest BCUT2D eigenvalue weighted by atomic mass is 9.79. The van der Waals surface area contributed by atoms with Crippen LogP contribution in [0.3, 0.4) is 0 Å². The van der Waals surface area contributed by atoms with Gasteiger partial charge in [-0.15, -0.1) is 0 Å². The fraction of sp³-hybridized carbons (Fsp3) is 0.667. The molecule has 0 aliphatic carbocycles. The molecular formula is C21H34N4O2. The molecule has 2 aliphatic heterocycles. The number of ether oxygens (including phenoxy) is 1. The van der Waals surface area contributed by atoms with E-state index in [0.717, 1.165) is 71.8 Å². The number of carbonyl (C=O) groups excluding carboxylic acids is 1. The van der Waals surface area contributed by atoms with Gasteiger partial charge in [-0.2, -0.15) is 0 Å². The van der Waals surface area contributed by atoms with Crippen LogP contribution in [-0.2, 0) is 9.53 Å². The van der Waals surface area contributed by atoms with Crippen LogP contribution in [0.15, 0.2) is 30.3 Å². The normalized spacial score (nSPS) is 20.4. The monoisotopic (exact) mass is 374 g/mol. The van der Waals surface area contributed by atoms with Crippen LogP contribution in [0.25, 0.3) is 0 Å². The number of para-hydroxylation sites is 1. The molecule has 1 aromatic carbocycles. The van der Waals surface area contributed by atoms with E-state index >= 15 is 0 Å². The van der Waals surface area contributed by atoms with Crippen LogP contribution in [0, 0.1) is 5.41 Å². The summed E-state index contributed by atoms with van der Waals surface area (Å²) in [6.07, 6.45) is 2.69. The van der Waals surface area contributed by atoms with Gasteiger partial charge in [-0.3, -0.25) is 9.69 Å². The van der Waals surface area contributed by atoms with Crippen molar-refractivity contribution in [3.63, 3.8) is 0 Å². The molecule has 0 unspecified atom stereocenters. The molecule has 2 aliphatic rings. The van der Waals surface area contributed by atoms with Gasteiger partial charge in [0.25, 0.3) is 0 Å². The molecular weight excluding hydrogens is 340 g/mol. The maximum Gasteiger partial charge on any atom is 0.221 e. The summed E-state index contributed by atoms with van der Waals surface area (Å²) in [4.78, 5) is 17.2. The molecule has 2 heterocycles. The molecule has 0 saturated carbocycles. The quantitative estimate of drug-likeness (QED) is 0.719. The van der Waals surface area contributed by atoms with Gasteiger partial charge in [0.1, 0.15) is 0 Å². The number of nitrogens with one attached hydrogen (secondary N) is 2. The maximum atomic E-state index is 12.4. The minimum absolute atomic E-state index is 0.0942. The summed E-state index contributed by atoms with van der Waals surface area (Å²) in [5.41, 5.74) is 1.39. The number of hydrogen-bond acceptors (Lipinski definition) is 5. The number of methoxy groups -OCH3 is 1. The van der Waals surface area contributed by atoms with Gasteiger partial charge in [-0.05, 0) is 38.1 Å². The highest BCUT2D eigenvalue weighted by Crippen LogP contribution is 2.28. The van der Waals surface area contributed by atoms with Gasteiger partial charge in [-0.1, -0.05) is 18.2 Å². The number of piperazine rings is 1. The fourth-order valence-electron chi connectivity index (χ4n) is 4.14. The third-order valence-electron chi connectivity index (χ3n) is 5.92. The third kappa shape index (κ3) is 5.92. The molecule has 3 rings (SSSR count). The Morgan fingerprint density at radius 3 is 2.52 bits per heavy atom. The van der Waals surface area contributed by atoms with E-state index < -0.39 is 0 Å². The number of carbonyl (C=O) groups is 1. The van der Waals surface area contributed by atoms with E-state index in [1.165, 1.54) is 5.69 Å². The van der Waals surface area contributed by atoms with Crippen LogP contribution in [0.5, 0.6) is 0 Å². The van der Waals surface area contributed by atoms with Gasteiger partial charge < -0.3 is 20.3 Å². The summed E-state index contributed by atoms with van der Waals surface area (Å²) >= 11 is 0. The fourth-order valence-corrected chi connectivity index (χ4v) is 4.14. The van der Waals surface area contributed by atoms with Gasteiger partial charge >= 0.3 is 0 Å². The first-order chi connectivity index (χ1) is 13.2. The Bertz CT molecular complexity index is 561. The summed E-state index contributed by atoms with van der Waals surface area (Å²) in [5, 5.41) is 6.56. The van der Waals surface area contributed by atoms with E-state index in [9.17, 15) is 4.79 Å². The van der Waals surface area contributed by atoms with Crippen molar-refractivity contribution in [2.24, 2.45) is 5.41 Å². The molecule has 0 aromatic heterocycles. The average molecular weight is 375 g/mol. The van der Waals surface area contributed by atoms with E-state index in [-0.39, 0.29) is 11.3 Å². The molecule has 2 N–H and O–H groups in total. The Morgan fingerprint density at radius 2 is 1.85 bits per heavy atom.